The molecule has 0 unspecified atom stereocenters. The normalized spacial score (nSPS) is 9.13. The van der Waals surface area contributed by atoms with Crippen LogP contribution in [0.4, 0.5) is 0 Å². The van der Waals surface area contributed by atoms with Crippen LogP contribution in [-0.2, 0) is 0 Å². The second kappa shape index (κ2) is 5.42. The number of hydrogen-bond donors (Lipinski definition) is 0. The lowest BCUT2D eigenvalue weighted by Gasteiger charge is -2.09. The van der Waals surface area contributed by atoms with E-state index in [0.29, 0.717) is 23.7 Å². The fraction of sp³-hybridized carbons (Fsp3) is 0.182. The van der Waals surface area contributed by atoms with Crippen LogP contribution in [0.2, 0.25) is 0 Å². The molecule has 0 aliphatic carbocycles. The van der Waals surface area contributed by atoms with Gasteiger partial charge >= 0.3 is 0 Å². The standard InChI is InChI=1S/C11H10BrNO2/c1-8(12)7-15-10-4-3-9(6-13)5-11(10)14-2/h3-5H,1,7H2,2H3. The van der Waals surface area contributed by atoms with E-state index in [2.05, 4.69) is 22.5 Å². The number of nitrogens with zero attached hydrogens (tertiary/aromatic N) is 1. The Morgan fingerprint density at radius 1 is 1.53 bits per heavy atom. The Labute approximate surface area is 97.1 Å². The van der Waals surface area contributed by atoms with Gasteiger partial charge in [0, 0.05) is 10.5 Å². The molecule has 1 aromatic carbocycles. The minimum absolute atomic E-state index is 0.363. The van der Waals surface area contributed by atoms with Crippen LogP contribution in [-0.4, -0.2) is 13.7 Å². The first kappa shape index (κ1) is 11.6. The molecule has 4 heteroatoms. The molecule has 0 aliphatic heterocycles. The Kier molecular flexibility index (Phi) is 4.19. The Morgan fingerprint density at radius 3 is 2.80 bits per heavy atom. The Balaban J connectivity index is 2.88. The first-order chi connectivity index (χ1) is 7.17. The maximum atomic E-state index is 8.70. The molecule has 0 atom stereocenters. The molecule has 0 amide bonds. The Bertz CT molecular complexity index is 410. The maximum absolute atomic E-state index is 8.70. The number of hydrogen-bond acceptors (Lipinski definition) is 3. The van der Waals surface area contributed by atoms with Crippen molar-refractivity contribution in [2.75, 3.05) is 13.7 Å². The topological polar surface area (TPSA) is 42.2 Å². The molecule has 0 fully saturated rings. The first-order valence-corrected chi connectivity index (χ1v) is 5.01. The summed E-state index contributed by atoms with van der Waals surface area (Å²) < 4.78 is 11.3. The average molecular weight is 268 g/mol. The van der Waals surface area contributed by atoms with Gasteiger partial charge < -0.3 is 9.47 Å². The number of rotatable bonds is 4. The van der Waals surface area contributed by atoms with E-state index in [4.69, 9.17) is 14.7 Å². The van der Waals surface area contributed by atoms with Crippen LogP contribution in [0.1, 0.15) is 5.56 Å². The van der Waals surface area contributed by atoms with Crippen LogP contribution in [0.3, 0.4) is 0 Å². The Hall–Kier alpha value is -1.47. The zero-order chi connectivity index (χ0) is 11.3. The zero-order valence-corrected chi connectivity index (χ0v) is 9.87. The molecule has 1 rings (SSSR count). The molecule has 1 aromatic rings. The van der Waals surface area contributed by atoms with Gasteiger partial charge in [-0.1, -0.05) is 22.5 Å². The van der Waals surface area contributed by atoms with Gasteiger partial charge in [0.2, 0.25) is 0 Å². The molecular formula is C11H10BrNO2. The fourth-order valence-corrected chi connectivity index (χ4v) is 1.13. The van der Waals surface area contributed by atoms with E-state index in [9.17, 15) is 0 Å². The smallest absolute Gasteiger partial charge is 0.162 e. The summed E-state index contributed by atoms with van der Waals surface area (Å²) in [5, 5.41) is 8.70. The summed E-state index contributed by atoms with van der Waals surface area (Å²) in [5.74, 6) is 1.14. The molecule has 0 N–H and O–H groups in total. The maximum Gasteiger partial charge on any atom is 0.162 e. The number of ether oxygens (including phenoxy) is 2. The monoisotopic (exact) mass is 267 g/mol. The van der Waals surface area contributed by atoms with E-state index >= 15 is 0 Å². The quantitative estimate of drug-likeness (QED) is 0.843. The molecule has 0 saturated carbocycles. The summed E-state index contributed by atoms with van der Waals surface area (Å²) >= 11 is 3.19. The highest BCUT2D eigenvalue weighted by Crippen LogP contribution is 2.28. The van der Waals surface area contributed by atoms with Crippen molar-refractivity contribution in [2.24, 2.45) is 0 Å². The van der Waals surface area contributed by atoms with Gasteiger partial charge in [0.25, 0.3) is 0 Å². The molecule has 0 heterocycles. The van der Waals surface area contributed by atoms with Crippen molar-refractivity contribution in [3.05, 3.63) is 34.8 Å². The molecule has 0 aliphatic rings. The molecule has 0 bridgehead atoms. The van der Waals surface area contributed by atoms with Gasteiger partial charge in [-0.2, -0.15) is 5.26 Å². The van der Waals surface area contributed by atoms with Crippen molar-refractivity contribution >= 4 is 15.9 Å². The molecule has 0 radical (unpaired) electrons. The third-order valence-corrected chi connectivity index (χ3v) is 1.91. The predicted octanol–water partition coefficient (Wildman–Crippen LogP) is 2.85. The molecule has 0 aromatic heterocycles. The van der Waals surface area contributed by atoms with Gasteiger partial charge in [-0.25, -0.2) is 0 Å². The second-order valence-corrected chi connectivity index (χ2v) is 3.90. The number of benzene rings is 1. The van der Waals surface area contributed by atoms with Gasteiger partial charge in [0.05, 0.1) is 18.7 Å². The van der Waals surface area contributed by atoms with Crippen molar-refractivity contribution in [2.45, 2.75) is 0 Å². The number of methoxy groups -OCH3 is 1. The molecule has 0 saturated heterocycles. The van der Waals surface area contributed by atoms with Gasteiger partial charge in [-0.05, 0) is 12.1 Å². The SMILES string of the molecule is C=C(Br)COc1ccc(C#N)cc1OC. The first-order valence-electron chi connectivity index (χ1n) is 4.21. The summed E-state index contributed by atoms with van der Waals surface area (Å²) in [6.07, 6.45) is 0. The van der Waals surface area contributed by atoms with Crippen molar-refractivity contribution in [3.63, 3.8) is 0 Å². The van der Waals surface area contributed by atoms with Crippen molar-refractivity contribution < 1.29 is 9.47 Å². The van der Waals surface area contributed by atoms with Crippen molar-refractivity contribution in [1.29, 1.82) is 5.26 Å². The summed E-state index contributed by atoms with van der Waals surface area (Å²) in [6.45, 7) is 4.02. The third kappa shape index (κ3) is 3.30. The van der Waals surface area contributed by atoms with Gasteiger partial charge in [0.15, 0.2) is 11.5 Å². The highest BCUT2D eigenvalue weighted by atomic mass is 79.9. The lowest BCUT2D eigenvalue weighted by atomic mass is 10.2. The van der Waals surface area contributed by atoms with Crippen LogP contribution < -0.4 is 9.47 Å². The number of halogens is 1. The molecule has 78 valence electrons. The van der Waals surface area contributed by atoms with E-state index < -0.39 is 0 Å². The van der Waals surface area contributed by atoms with Crippen molar-refractivity contribution in [1.82, 2.24) is 0 Å². The summed E-state index contributed by atoms with van der Waals surface area (Å²) in [4.78, 5) is 0. The molecular weight excluding hydrogens is 258 g/mol. The zero-order valence-electron chi connectivity index (χ0n) is 8.29. The van der Waals surface area contributed by atoms with E-state index in [-0.39, 0.29) is 0 Å². The Morgan fingerprint density at radius 2 is 2.27 bits per heavy atom. The molecule has 0 spiro atoms. The second-order valence-electron chi connectivity index (χ2n) is 2.78. The third-order valence-electron chi connectivity index (χ3n) is 1.68. The van der Waals surface area contributed by atoms with E-state index in [0.717, 1.165) is 4.48 Å². The van der Waals surface area contributed by atoms with Gasteiger partial charge in [-0.3, -0.25) is 0 Å². The summed E-state index contributed by atoms with van der Waals surface area (Å²) in [7, 11) is 1.53. The van der Waals surface area contributed by atoms with Crippen LogP contribution in [0, 0.1) is 11.3 Å². The predicted molar refractivity (Wildman–Crippen MR) is 61.3 cm³/mol. The van der Waals surface area contributed by atoms with Crippen LogP contribution in [0.25, 0.3) is 0 Å². The van der Waals surface area contributed by atoms with Crippen LogP contribution in [0.15, 0.2) is 29.3 Å². The highest BCUT2D eigenvalue weighted by molar-refractivity contribution is 9.11. The summed E-state index contributed by atoms with van der Waals surface area (Å²) in [5.41, 5.74) is 0.539. The minimum Gasteiger partial charge on any atom is -0.493 e. The highest BCUT2D eigenvalue weighted by Gasteiger charge is 2.05. The van der Waals surface area contributed by atoms with Crippen LogP contribution >= 0.6 is 15.9 Å². The minimum atomic E-state index is 0.363. The fourth-order valence-electron chi connectivity index (χ4n) is 1.01. The largest absolute Gasteiger partial charge is 0.493 e. The average Bonchev–Trinajstić information content (AvgIpc) is 2.25. The van der Waals surface area contributed by atoms with Gasteiger partial charge in [-0.15, -0.1) is 0 Å². The van der Waals surface area contributed by atoms with E-state index in [1.165, 1.54) is 7.11 Å². The van der Waals surface area contributed by atoms with Crippen molar-refractivity contribution in [3.8, 4) is 17.6 Å². The van der Waals surface area contributed by atoms with E-state index in [1.54, 1.807) is 18.2 Å². The van der Waals surface area contributed by atoms with Gasteiger partial charge in [0.1, 0.15) is 6.61 Å². The lowest BCUT2D eigenvalue weighted by molar-refractivity contribution is 0.325. The molecule has 3 nitrogen and oxygen atoms in total. The lowest BCUT2D eigenvalue weighted by Crippen LogP contribution is -1.98. The van der Waals surface area contributed by atoms with E-state index in [1.807, 2.05) is 6.07 Å². The van der Waals surface area contributed by atoms with Crippen LogP contribution in [0.5, 0.6) is 11.5 Å². The summed E-state index contributed by atoms with van der Waals surface area (Å²) in [6, 6.07) is 7.04. The molecule has 15 heavy (non-hydrogen) atoms. The number of nitriles is 1.